The summed E-state index contributed by atoms with van der Waals surface area (Å²) >= 11 is 0. The second-order valence-electron chi connectivity index (χ2n) is 4.17. The topological polar surface area (TPSA) is 0 Å². The van der Waals surface area contributed by atoms with Gasteiger partial charge in [-0.3, -0.25) is 0 Å². The second kappa shape index (κ2) is 2.62. The molecule has 1 aromatic carbocycles. The summed E-state index contributed by atoms with van der Waals surface area (Å²) in [5.74, 6) is 1.60. The normalized spacial score (nSPS) is 27.2. The van der Waals surface area contributed by atoms with Crippen LogP contribution < -0.4 is 0 Å². The van der Waals surface area contributed by atoms with Gasteiger partial charge in [-0.15, -0.1) is 0 Å². The lowest BCUT2D eigenvalue weighted by Crippen LogP contribution is -1.97. The Morgan fingerprint density at radius 3 is 2.75 bits per heavy atom. The van der Waals surface area contributed by atoms with E-state index in [1.54, 1.807) is 11.1 Å². The summed E-state index contributed by atoms with van der Waals surface area (Å²) < 4.78 is 0. The van der Waals surface area contributed by atoms with Crippen molar-refractivity contribution in [2.24, 2.45) is 5.92 Å². The van der Waals surface area contributed by atoms with Gasteiger partial charge in [0.25, 0.3) is 0 Å². The molecule has 1 aliphatic rings. The maximum Gasteiger partial charge on any atom is -0.0159 e. The fourth-order valence-corrected chi connectivity index (χ4v) is 2.19. The van der Waals surface area contributed by atoms with E-state index in [9.17, 15) is 0 Å². The molecule has 1 aliphatic carbocycles. The molecule has 2 atom stereocenters. The lowest BCUT2D eigenvalue weighted by Gasteiger charge is -2.08. The largest absolute Gasteiger partial charge is 0.0616 e. The van der Waals surface area contributed by atoms with Crippen LogP contribution in [0.3, 0.4) is 0 Å². The molecule has 0 aliphatic heterocycles. The van der Waals surface area contributed by atoms with Crippen LogP contribution in [0.1, 0.15) is 36.5 Å². The van der Waals surface area contributed by atoms with Crippen LogP contribution in [0, 0.1) is 12.8 Å². The highest BCUT2D eigenvalue weighted by molar-refractivity contribution is 5.38. The van der Waals surface area contributed by atoms with Crippen LogP contribution in [0.5, 0.6) is 0 Å². The van der Waals surface area contributed by atoms with Gasteiger partial charge in [-0.1, -0.05) is 37.6 Å². The first-order chi connectivity index (χ1) is 5.68. The van der Waals surface area contributed by atoms with E-state index >= 15 is 0 Å². The van der Waals surface area contributed by atoms with E-state index in [0.29, 0.717) is 0 Å². The van der Waals surface area contributed by atoms with Crippen LogP contribution in [0.4, 0.5) is 0 Å². The highest BCUT2D eigenvalue weighted by atomic mass is 14.3. The molecular weight excluding hydrogens is 144 g/mol. The van der Waals surface area contributed by atoms with Crippen LogP contribution >= 0.6 is 0 Å². The second-order valence-corrected chi connectivity index (χ2v) is 4.17. The highest BCUT2D eigenvalue weighted by Crippen LogP contribution is 2.37. The lowest BCUT2D eigenvalue weighted by molar-refractivity contribution is 0.532. The van der Waals surface area contributed by atoms with Gasteiger partial charge < -0.3 is 0 Å². The number of benzene rings is 1. The summed E-state index contributed by atoms with van der Waals surface area (Å²) in [5.41, 5.74) is 4.55. The lowest BCUT2D eigenvalue weighted by atomic mass is 9.96. The molecule has 0 heteroatoms. The molecule has 2 rings (SSSR count). The predicted molar refractivity (Wildman–Crippen MR) is 52.5 cm³/mol. The van der Waals surface area contributed by atoms with Crippen molar-refractivity contribution in [1.82, 2.24) is 0 Å². The first-order valence-corrected chi connectivity index (χ1v) is 4.78. The number of fused-ring (bicyclic) bond motifs is 1. The van der Waals surface area contributed by atoms with E-state index in [4.69, 9.17) is 0 Å². The van der Waals surface area contributed by atoms with Crippen LogP contribution in [0.15, 0.2) is 18.2 Å². The van der Waals surface area contributed by atoms with E-state index in [1.165, 1.54) is 12.0 Å². The van der Waals surface area contributed by atoms with E-state index in [2.05, 4.69) is 39.0 Å². The first-order valence-electron chi connectivity index (χ1n) is 4.78. The van der Waals surface area contributed by atoms with Crippen molar-refractivity contribution < 1.29 is 0 Å². The van der Waals surface area contributed by atoms with Gasteiger partial charge in [-0.25, -0.2) is 0 Å². The van der Waals surface area contributed by atoms with Crippen molar-refractivity contribution in [2.75, 3.05) is 0 Å². The Morgan fingerprint density at radius 1 is 1.25 bits per heavy atom. The number of aryl methyl sites for hydroxylation is 1. The summed E-state index contributed by atoms with van der Waals surface area (Å²) in [5, 5.41) is 0. The summed E-state index contributed by atoms with van der Waals surface area (Å²) in [6.07, 6.45) is 1.28. The number of rotatable bonds is 0. The number of hydrogen-bond acceptors (Lipinski definition) is 0. The first kappa shape index (κ1) is 7.85. The van der Waals surface area contributed by atoms with Crippen LogP contribution in [0.2, 0.25) is 0 Å². The molecule has 0 nitrogen and oxygen atoms in total. The molecule has 0 amide bonds. The summed E-state index contributed by atoms with van der Waals surface area (Å²) in [7, 11) is 0. The minimum Gasteiger partial charge on any atom is -0.0616 e. The Balaban J connectivity index is 2.47. The van der Waals surface area contributed by atoms with Gasteiger partial charge in [0.05, 0.1) is 0 Å². The smallest absolute Gasteiger partial charge is 0.0159 e. The fraction of sp³-hybridized carbons (Fsp3) is 0.500. The van der Waals surface area contributed by atoms with Crippen molar-refractivity contribution >= 4 is 0 Å². The van der Waals surface area contributed by atoms with Gasteiger partial charge in [0, 0.05) is 0 Å². The molecule has 0 saturated carbocycles. The molecule has 0 radical (unpaired) electrons. The van der Waals surface area contributed by atoms with Gasteiger partial charge in [0.1, 0.15) is 0 Å². The third kappa shape index (κ3) is 1.06. The SMILES string of the molecule is Cc1ccc2c(c1)C[C@H](C)[C@@H]2C. The fourth-order valence-electron chi connectivity index (χ4n) is 2.19. The zero-order valence-electron chi connectivity index (χ0n) is 8.09. The molecule has 0 spiro atoms. The van der Waals surface area contributed by atoms with E-state index in [1.807, 2.05) is 0 Å². The zero-order chi connectivity index (χ0) is 8.72. The summed E-state index contributed by atoms with van der Waals surface area (Å²) in [6.45, 7) is 6.86. The van der Waals surface area contributed by atoms with Gasteiger partial charge in [0.15, 0.2) is 0 Å². The Bertz CT molecular complexity index is 299. The Labute approximate surface area is 74.6 Å². The molecule has 0 aromatic heterocycles. The molecule has 0 heterocycles. The van der Waals surface area contributed by atoms with Crippen LogP contribution in [0.25, 0.3) is 0 Å². The van der Waals surface area contributed by atoms with Crippen LogP contribution in [-0.2, 0) is 6.42 Å². The molecule has 1 aromatic rings. The Morgan fingerprint density at radius 2 is 2.00 bits per heavy atom. The molecule has 64 valence electrons. The molecular formula is C12H16. The van der Waals surface area contributed by atoms with Gasteiger partial charge >= 0.3 is 0 Å². The highest BCUT2D eigenvalue weighted by Gasteiger charge is 2.24. The molecule has 0 N–H and O–H groups in total. The van der Waals surface area contributed by atoms with Gasteiger partial charge in [-0.2, -0.15) is 0 Å². The van der Waals surface area contributed by atoms with Gasteiger partial charge in [-0.05, 0) is 36.3 Å². The van der Waals surface area contributed by atoms with E-state index < -0.39 is 0 Å². The quantitative estimate of drug-likeness (QED) is 0.546. The van der Waals surface area contributed by atoms with Crippen molar-refractivity contribution in [2.45, 2.75) is 33.1 Å². The molecule has 0 unspecified atom stereocenters. The Hall–Kier alpha value is -0.780. The van der Waals surface area contributed by atoms with E-state index in [0.717, 1.165) is 11.8 Å². The predicted octanol–water partition coefficient (Wildman–Crippen LogP) is 3.29. The van der Waals surface area contributed by atoms with Crippen molar-refractivity contribution in [1.29, 1.82) is 0 Å². The molecule has 12 heavy (non-hydrogen) atoms. The average Bonchev–Trinajstić information content (AvgIpc) is 2.28. The van der Waals surface area contributed by atoms with Gasteiger partial charge in [0.2, 0.25) is 0 Å². The summed E-state index contributed by atoms with van der Waals surface area (Å²) in [6, 6.07) is 6.88. The van der Waals surface area contributed by atoms with Crippen molar-refractivity contribution in [3.63, 3.8) is 0 Å². The van der Waals surface area contributed by atoms with Crippen molar-refractivity contribution in [3.8, 4) is 0 Å². The monoisotopic (exact) mass is 160 g/mol. The van der Waals surface area contributed by atoms with Crippen LogP contribution in [-0.4, -0.2) is 0 Å². The number of hydrogen-bond donors (Lipinski definition) is 0. The third-order valence-corrected chi connectivity index (χ3v) is 3.18. The maximum absolute atomic E-state index is 2.35. The maximum atomic E-state index is 2.35. The molecule has 0 fully saturated rings. The van der Waals surface area contributed by atoms with Crippen molar-refractivity contribution in [3.05, 3.63) is 34.9 Å². The van der Waals surface area contributed by atoms with E-state index in [-0.39, 0.29) is 0 Å². The third-order valence-electron chi connectivity index (χ3n) is 3.18. The average molecular weight is 160 g/mol. The Kier molecular flexibility index (Phi) is 1.71. The zero-order valence-corrected chi connectivity index (χ0v) is 8.09. The standard InChI is InChI=1S/C12H16/c1-8-4-5-12-10(3)9(2)7-11(12)6-8/h4-6,9-10H,7H2,1-3H3/t9-,10-/m0/s1. The minimum absolute atomic E-state index is 0.764. The molecule has 0 bridgehead atoms. The summed E-state index contributed by atoms with van der Waals surface area (Å²) in [4.78, 5) is 0. The minimum atomic E-state index is 0.764. The molecule has 0 saturated heterocycles.